The van der Waals surface area contributed by atoms with E-state index in [1.165, 1.54) is 42.6 Å². The Kier molecular flexibility index (Phi) is 4.81. The van der Waals surface area contributed by atoms with Gasteiger partial charge in [0.05, 0.1) is 11.7 Å². The summed E-state index contributed by atoms with van der Waals surface area (Å²) in [5.74, 6) is 0. The lowest BCUT2D eigenvalue weighted by Crippen LogP contribution is -2.13. The van der Waals surface area contributed by atoms with E-state index in [9.17, 15) is 0 Å². The van der Waals surface area contributed by atoms with Gasteiger partial charge in [0.25, 0.3) is 0 Å². The molecule has 1 aromatic heterocycles. The van der Waals surface area contributed by atoms with Crippen LogP contribution in [0.1, 0.15) is 62.5 Å². The van der Waals surface area contributed by atoms with Crippen molar-refractivity contribution < 1.29 is 0 Å². The largest absolute Gasteiger partial charge is 0.319 e. The first kappa shape index (κ1) is 13.6. The second-order valence-corrected chi connectivity index (χ2v) is 5.32. The summed E-state index contributed by atoms with van der Waals surface area (Å²) < 4.78 is 2.37. The number of rotatable bonds is 6. The number of nitrogens with zero attached hydrogens (tertiary/aromatic N) is 2. The number of likely N-dealkylation sites (N-methyl/N-ethyl adjacent to an activating group) is 1. The third-order valence-corrected chi connectivity index (χ3v) is 4.17. The van der Waals surface area contributed by atoms with Gasteiger partial charge in [0.15, 0.2) is 0 Å². The molecule has 0 amide bonds. The molecule has 1 saturated carbocycles. The average Bonchev–Trinajstić information content (AvgIpc) is 3.02. The first-order chi connectivity index (χ1) is 8.81. The molecule has 1 fully saturated rings. The summed E-state index contributed by atoms with van der Waals surface area (Å²) in [5.41, 5.74) is 4.34. The molecule has 18 heavy (non-hydrogen) atoms. The van der Waals surface area contributed by atoms with Crippen LogP contribution in [0.2, 0.25) is 0 Å². The first-order valence-electron chi connectivity index (χ1n) is 7.55. The van der Waals surface area contributed by atoms with Gasteiger partial charge in [-0.05, 0) is 51.3 Å². The van der Waals surface area contributed by atoms with Crippen LogP contribution in [-0.4, -0.2) is 23.4 Å². The Morgan fingerprint density at radius 3 is 2.50 bits per heavy atom. The molecule has 1 aliphatic carbocycles. The van der Waals surface area contributed by atoms with Crippen LogP contribution < -0.4 is 5.32 Å². The normalized spacial score (nSPS) is 16.6. The summed E-state index contributed by atoms with van der Waals surface area (Å²) in [4.78, 5) is 0. The highest BCUT2D eigenvalue weighted by Crippen LogP contribution is 2.32. The maximum absolute atomic E-state index is 4.92. The fourth-order valence-corrected chi connectivity index (χ4v) is 3.20. The van der Waals surface area contributed by atoms with Crippen LogP contribution in [0.25, 0.3) is 0 Å². The predicted molar refractivity (Wildman–Crippen MR) is 76.1 cm³/mol. The highest BCUT2D eigenvalue weighted by atomic mass is 15.3. The Morgan fingerprint density at radius 1 is 1.22 bits per heavy atom. The van der Waals surface area contributed by atoms with Crippen LogP contribution in [0.15, 0.2) is 0 Å². The van der Waals surface area contributed by atoms with E-state index in [-0.39, 0.29) is 0 Å². The van der Waals surface area contributed by atoms with E-state index in [1.54, 1.807) is 0 Å². The number of nitrogens with one attached hydrogen (secondary N) is 1. The van der Waals surface area contributed by atoms with Gasteiger partial charge in [0.1, 0.15) is 0 Å². The molecule has 1 aliphatic rings. The van der Waals surface area contributed by atoms with Crippen molar-refractivity contribution in [3.05, 3.63) is 17.0 Å². The lowest BCUT2D eigenvalue weighted by atomic mass is 10.1. The SMILES string of the molecule is CCc1nn(C2CCCC2)c(CC)c1CCNC. The monoisotopic (exact) mass is 249 g/mol. The van der Waals surface area contributed by atoms with Gasteiger partial charge in [-0.1, -0.05) is 26.7 Å². The number of aromatic nitrogens is 2. The van der Waals surface area contributed by atoms with Crippen LogP contribution in [0, 0.1) is 0 Å². The Labute approximate surface area is 111 Å². The Morgan fingerprint density at radius 2 is 1.94 bits per heavy atom. The van der Waals surface area contributed by atoms with E-state index >= 15 is 0 Å². The van der Waals surface area contributed by atoms with E-state index in [0.717, 1.165) is 25.8 Å². The molecule has 0 spiro atoms. The third-order valence-electron chi connectivity index (χ3n) is 4.17. The van der Waals surface area contributed by atoms with Crippen molar-refractivity contribution in [2.75, 3.05) is 13.6 Å². The highest BCUT2D eigenvalue weighted by molar-refractivity contribution is 5.28. The zero-order valence-electron chi connectivity index (χ0n) is 12.1. The van der Waals surface area contributed by atoms with Crippen LogP contribution in [0.3, 0.4) is 0 Å². The van der Waals surface area contributed by atoms with Crippen molar-refractivity contribution in [2.45, 2.75) is 64.8 Å². The minimum Gasteiger partial charge on any atom is -0.319 e. The molecule has 0 bridgehead atoms. The first-order valence-corrected chi connectivity index (χ1v) is 7.55. The zero-order valence-corrected chi connectivity index (χ0v) is 12.1. The quantitative estimate of drug-likeness (QED) is 0.840. The van der Waals surface area contributed by atoms with Gasteiger partial charge in [0, 0.05) is 5.69 Å². The summed E-state index contributed by atoms with van der Waals surface area (Å²) in [7, 11) is 2.03. The maximum Gasteiger partial charge on any atom is 0.0657 e. The second-order valence-electron chi connectivity index (χ2n) is 5.32. The number of aryl methyl sites for hydroxylation is 1. The summed E-state index contributed by atoms with van der Waals surface area (Å²) in [6.07, 6.45) is 8.69. The molecular formula is C15H27N3. The number of hydrogen-bond acceptors (Lipinski definition) is 2. The lowest BCUT2D eigenvalue weighted by Gasteiger charge is -2.14. The minimum atomic E-state index is 0.675. The molecule has 0 atom stereocenters. The molecule has 1 aromatic rings. The van der Waals surface area contributed by atoms with Crippen LogP contribution in [0.5, 0.6) is 0 Å². The van der Waals surface area contributed by atoms with Crippen molar-refractivity contribution in [2.24, 2.45) is 0 Å². The Bertz CT molecular complexity index is 375. The van der Waals surface area contributed by atoms with Crippen molar-refractivity contribution in [3.63, 3.8) is 0 Å². The topological polar surface area (TPSA) is 29.9 Å². The third kappa shape index (κ3) is 2.61. The second kappa shape index (κ2) is 6.37. The highest BCUT2D eigenvalue weighted by Gasteiger charge is 2.23. The van der Waals surface area contributed by atoms with Gasteiger partial charge >= 0.3 is 0 Å². The van der Waals surface area contributed by atoms with E-state index < -0.39 is 0 Å². The fraction of sp³-hybridized carbons (Fsp3) is 0.800. The standard InChI is InChI=1S/C15H27N3/c1-4-14-13(10-11-16-3)15(5-2)18(17-14)12-8-6-7-9-12/h12,16H,4-11H2,1-3H3. The summed E-state index contributed by atoms with van der Waals surface area (Å²) in [6, 6.07) is 0.675. The van der Waals surface area contributed by atoms with Crippen LogP contribution in [0.4, 0.5) is 0 Å². The molecule has 1 heterocycles. The molecular weight excluding hydrogens is 222 g/mol. The summed E-state index contributed by atoms with van der Waals surface area (Å²) in [5, 5.41) is 8.18. The molecule has 3 heteroatoms. The van der Waals surface area contributed by atoms with Crippen molar-refractivity contribution >= 4 is 0 Å². The Balaban J connectivity index is 2.30. The molecule has 1 N–H and O–H groups in total. The molecule has 2 rings (SSSR count). The minimum absolute atomic E-state index is 0.675. The van der Waals surface area contributed by atoms with E-state index in [1.807, 2.05) is 7.05 Å². The van der Waals surface area contributed by atoms with Crippen molar-refractivity contribution in [1.29, 1.82) is 0 Å². The average molecular weight is 249 g/mol. The summed E-state index contributed by atoms with van der Waals surface area (Å²) in [6.45, 7) is 5.55. The van der Waals surface area contributed by atoms with Crippen molar-refractivity contribution in [1.82, 2.24) is 15.1 Å². The molecule has 0 saturated heterocycles. The molecule has 0 unspecified atom stereocenters. The van der Waals surface area contributed by atoms with Gasteiger partial charge < -0.3 is 5.32 Å². The zero-order chi connectivity index (χ0) is 13.0. The van der Waals surface area contributed by atoms with E-state index in [2.05, 4.69) is 23.8 Å². The van der Waals surface area contributed by atoms with Crippen LogP contribution >= 0.6 is 0 Å². The van der Waals surface area contributed by atoms with Gasteiger partial charge in [-0.15, -0.1) is 0 Å². The summed E-state index contributed by atoms with van der Waals surface area (Å²) >= 11 is 0. The van der Waals surface area contributed by atoms with E-state index in [0.29, 0.717) is 6.04 Å². The molecule has 0 aliphatic heterocycles. The van der Waals surface area contributed by atoms with Crippen molar-refractivity contribution in [3.8, 4) is 0 Å². The van der Waals surface area contributed by atoms with Gasteiger partial charge in [-0.25, -0.2) is 0 Å². The molecule has 0 aromatic carbocycles. The maximum atomic E-state index is 4.92. The number of hydrogen-bond donors (Lipinski definition) is 1. The molecule has 3 nitrogen and oxygen atoms in total. The Hall–Kier alpha value is -0.830. The van der Waals surface area contributed by atoms with E-state index in [4.69, 9.17) is 5.10 Å². The fourth-order valence-electron chi connectivity index (χ4n) is 3.20. The molecule has 0 radical (unpaired) electrons. The predicted octanol–water partition coefficient (Wildman–Crippen LogP) is 2.88. The lowest BCUT2D eigenvalue weighted by molar-refractivity contribution is 0.447. The molecule has 102 valence electrons. The smallest absolute Gasteiger partial charge is 0.0657 e. The van der Waals surface area contributed by atoms with Gasteiger partial charge in [-0.2, -0.15) is 5.10 Å². The van der Waals surface area contributed by atoms with Gasteiger partial charge in [0.2, 0.25) is 0 Å². The van der Waals surface area contributed by atoms with Crippen LogP contribution in [-0.2, 0) is 19.3 Å². The van der Waals surface area contributed by atoms with Gasteiger partial charge in [-0.3, -0.25) is 4.68 Å².